The molecule has 0 bridgehead atoms. The molecular weight excluding hydrogens is 469 g/mol. The SMILES string of the molecule is CCOC(=O)Cc1cc(Cl)c(Oc2ccc(NC(=O)C(C)C)c(Br)c2)c(Cl)c1. The molecule has 2 rings (SSSR count). The number of amides is 1. The average Bonchev–Trinajstić information content (AvgIpc) is 2.60. The van der Waals surface area contributed by atoms with Gasteiger partial charge in [0.05, 0.1) is 28.8 Å². The molecule has 0 radical (unpaired) electrons. The van der Waals surface area contributed by atoms with Gasteiger partial charge in [-0.15, -0.1) is 0 Å². The van der Waals surface area contributed by atoms with Gasteiger partial charge in [-0.1, -0.05) is 37.0 Å². The predicted octanol–water partition coefficient (Wildman–Crippen LogP) is 6.25. The molecule has 1 amide bonds. The van der Waals surface area contributed by atoms with Gasteiger partial charge in [-0.3, -0.25) is 9.59 Å². The van der Waals surface area contributed by atoms with Crippen LogP contribution in [0.1, 0.15) is 26.3 Å². The van der Waals surface area contributed by atoms with E-state index in [1.807, 2.05) is 13.8 Å². The highest BCUT2D eigenvalue weighted by atomic mass is 79.9. The second-order valence-electron chi connectivity index (χ2n) is 6.26. The van der Waals surface area contributed by atoms with Gasteiger partial charge in [0.1, 0.15) is 5.75 Å². The molecule has 5 nitrogen and oxygen atoms in total. The number of nitrogens with one attached hydrogen (secondary N) is 1. The summed E-state index contributed by atoms with van der Waals surface area (Å²) in [5.74, 6) is 0.190. The second-order valence-corrected chi connectivity index (χ2v) is 7.93. The summed E-state index contributed by atoms with van der Waals surface area (Å²) in [6, 6.07) is 8.35. The third-order valence-electron chi connectivity index (χ3n) is 3.65. The lowest BCUT2D eigenvalue weighted by Gasteiger charge is -2.14. The fourth-order valence-corrected chi connectivity index (χ4v) is 3.31. The first-order valence-corrected chi connectivity index (χ1v) is 10.2. The van der Waals surface area contributed by atoms with Gasteiger partial charge in [0, 0.05) is 10.4 Å². The number of hydrogen-bond acceptors (Lipinski definition) is 4. The first-order chi connectivity index (χ1) is 13.2. The maximum absolute atomic E-state index is 11.8. The molecule has 150 valence electrons. The molecule has 0 saturated heterocycles. The van der Waals surface area contributed by atoms with Gasteiger partial charge < -0.3 is 14.8 Å². The van der Waals surface area contributed by atoms with E-state index in [0.29, 0.717) is 28.1 Å². The number of anilines is 1. The highest BCUT2D eigenvalue weighted by Gasteiger charge is 2.15. The van der Waals surface area contributed by atoms with E-state index in [4.69, 9.17) is 32.7 Å². The molecular formula is C20H20BrCl2NO4. The Labute approximate surface area is 182 Å². The largest absolute Gasteiger partial charge is 0.466 e. The molecule has 0 fully saturated rings. The number of esters is 1. The van der Waals surface area contributed by atoms with Crippen molar-refractivity contribution in [2.75, 3.05) is 11.9 Å². The van der Waals surface area contributed by atoms with Crippen LogP contribution in [-0.2, 0) is 20.7 Å². The molecule has 0 atom stereocenters. The van der Waals surface area contributed by atoms with Crippen LogP contribution in [0.5, 0.6) is 11.5 Å². The molecule has 2 aromatic carbocycles. The van der Waals surface area contributed by atoms with Crippen LogP contribution < -0.4 is 10.1 Å². The van der Waals surface area contributed by atoms with E-state index in [0.717, 1.165) is 0 Å². The Hall–Kier alpha value is -1.76. The standard InChI is InChI=1S/C20H20BrCl2NO4/c1-4-27-18(25)9-12-7-15(22)19(16(23)8-12)28-13-5-6-17(14(21)10-13)24-20(26)11(2)3/h5-8,10-11H,4,9H2,1-3H3,(H,24,26). The van der Waals surface area contributed by atoms with Crippen LogP contribution in [0.2, 0.25) is 10.0 Å². The summed E-state index contributed by atoms with van der Waals surface area (Å²) in [4.78, 5) is 23.5. The minimum absolute atomic E-state index is 0.0728. The minimum atomic E-state index is -0.355. The summed E-state index contributed by atoms with van der Waals surface area (Å²) < 4.78 is 11.4. The molecule has 1 N–H and O–H groups in total. The van der Waals surface area contributed by atoms with E-state index < -0.39 is 0 Å². The lowest BCUT2D eigenvalue weighted by atomic mass is 10.1. The quantitative estimate of drug-likeness (QED) is 0.468. The molecule has 0 spiro atoms. The Bertz CT molecular complexity index is 863. The number of carbonyl (C=O) groups is 2. The summed E-state index contributed by atoms with van der Waals surface area (Å²) in [6.45, 7) is 5.68. The normalized spacial score (nSPS) is 10.7. The van der Waals surface area contributed by atoms with Gasteiger partial charge in [0.15, 0.2) is 5.75 Å². The zero-order valence-electron chi connectivity index (χ0n) is 15.6. The van der Waals surface area contributed by atoms with Crippen LogP contribution in [0.15, 0.2) is 34.8 Å². The summed E-state index contributed by atoms with van der Waals surface area (Å²) in [5, 5.41) is 3.38. The molecule has 0 heterocycles. The minimum Gasteiger partial charge on any atom is -0.466 e. The van der Waals surface area contributed by atoms with Crippen molar-refractivity contribution in [1.29, 1.82) is 0 Å². The van der Waals surface area contributed by atoms with Crippen LogP contribution in [0.25, 0.3) is 0 Å². The Balaban J connectivity index is 2.18. The van der Waals surface area contributed by atoms with Crippen molar-refractivity contribution in [2.45, 2.75) is 27.2 Å². The van der Waals surface area contributed by atoms with Crippen molar-refractivity contribution in [2.24, 2.45) is 5.92 Å². The van der Waals surface area contributed by atoms with E-state index in [1.54, 1.807) is 37.3 Å². The number of benzene rings is 2. The Morgan fingerprint density at radius 1 is 1.14 bits per heavy atom. The van der Waals surface area contributed by atoms with Gasteiger partial charge in [0.25, 0.3) is 0 Å². The van der Waals surface area contributed by atoms with Gasteiger partial charge >= 0.3 is 5.97 Å². The van der Waals surface area contributed by atoms with Crippen LogP contribution in [0, 0.1) is 5.92 Å². The Kier molecular flexibility index (Phi) is 8.16. The predicted molar refractivity (Wildman–Crippen MR) is 114 cm³/mol. The number of carbonyl (C=O) groups excluding carboxylic acids is 2. The third kappa shape index (κ3) is 6.12. The zero-order chi connectivity index (χ0) is 20.8. The highest BCUT2D eigenvalue weighted by molar-refractivity contribution is 9.10. The number of halogens is 3. The van der Waals surface area contributed by atoms with Crippen molar-refractivity contribution in [1.82, 2.24) is 0 Å². The van der Waals surface area contributed by atoms with Crippen LogP contribution >= 0.6 is 39.1 Å². The molecule has 8 heteroatoms. The lowest BCUT2D eigenvalue weighted by molar-refractivity contribution is -0.142. The molecule has 0 aliphatic rings. The Morgan fingerprint density at radius 2 is 1.79 bits per heavy atom. The van der Waals surface area contributed by atoms with E-state index in [1.165, 1.54) is 0 Å². The van der Waals surface area contributed by atoms with E-state index in [9.17, 15) is 9.59 Å². The lowest BCUT2D eigenvalue weighted by Crippen LogP contribution is -2.17. The van der Waals surface area contributed by atoms with Crippen molar-refractivity contribution >= 4 is 56.7 Å². The van der Waals surface area contributed by atoms with Gasteiger partial charge in [-0.05, 0) is 58.7 Å². The Morgan fingerprint density at radius 3 is 2.32 bits per heavy atom. The van der Waals surface area contributed by atoms with E-state index in [-0.39, 0.29) is 40.0 Å². The van der Waals surface area contributed by atoms with Crippen molar-refractivity contribution < 1.29 is 19.1 Å². The molecule has 28 heavy (non-hydrogen) atoms. The molecule has 0 unspecified atom stereocenters. The second kappa shape index (κ2) is 10.1. The van der Waals surface area contributed by atoms with Crippen LogP contribution in [0.4, 0.5) is 5.69 Å². The summed E-state index contributed by atoms with van der Waals surface area (Å²) in [5.41, 5.74) is 1.27. The van der Waals surface area contributed by atoms with Crippen molar-refractivity contribution in [3.63, 3.8) is 0 Å². The fraction of sp³-hybridized carbons (Fsp3) is 0.300. The van der Waals surface area contributed by atoms with Gasteiger partial charge in [0.2, 0.25) is 5.91 Å². The third-order valence-corrected chi connectivity index (χ3v) is 4.87. The first kappa shape index (κ1) is 22.5. The number of hydrogen-bond donors (Lipinski definition) is 1. The molecule has 2 aromatic rings. The molecule has 0 aliphatic heterocycles. The highest BCUT2D eigenvalue weighted by Crippen LogP contribution is 2.39. The van der Waals surface area contributed by atoms with Gasteiger partial charge in [-0.25, -0.2) is 0 Å². The molecule has 0 aromatic heterocycles. The number of ether oxygens (including phenoxy) is 2. The van der Waals surface area contributed by atoms with Crippen molar-refractivity contribution in [3.05, 3.63) is 50.4 Å². The molecule has 0 saturated carbocycles. The fourth-order valence-electron chi connectivity index (χ4n) is 2.25. The van der Waals surface area contributed by atoms with Crippen LogP contribution in [0.3, 0.4) is 0 Å². The average molecular weight is 489 g/mol. The van der Waals surface area contributed by atoms with E-state index in [2.05, 4.69) is 21.2 Å². The summed E-state index contributed by atoms with van der Waals surface area (Å²) >= 11 is 16.0. The topological polar surface area (TPSA) is 64.6 Å². The maximum Gasteiger partial charge on any atom is 0.310 e. The first-order valence-electron chi connectivity index (χ1n) is 8.63. The van der Waals surface area contributed by atoms with Gasteiger partial charge in [-0.2, -0.15) is 0 Å². The van der Waals surface area contributed by atoms with E-state index >= 15 is 0 Å². The smallest absolute Gasteiger partial charge is 0.310 e. The molecule has 0 aliphatic carbocycles. The monoisotopic (exact) mass is 487 g/mol. The zero-order valence-corrected chi connectivity index (χ0v) is 18.7. The summed E-state index contributed by atoms with van der Waals surface area (Å²) in [7, 11) is 0. The number of rotatable bonds is 7. The van der Waals surface area contributed by atoms with Crippen LogP contribution in [-0.4, -0.2) is 18.5 Å². The summed E-state index contributed by atoms with van der Waals surface area (Å²) in [6.07, 6.45) is 0.0728. The maximum atomic E-state index is 11.8. The van der Waals surface area contributed by atoms with Crippen molar-refractivity contribution in [3.8, 4) is 11.5 Å².